The summed E-state index contributed by atoms with van der Waals surface area (Å²) in [5.74, 6) is -0.313. The van der Waals surface area contributed by atoms with Crippen molar-refractivity contribution in [2.24, 2.45) is 0 Å². The van der Waals surface area contributed by atoms with Crippen molar-refractivity contribution in [3.63, 3.8) is 0 Å². The van der Waals surface area contributed by atoms with Crippen LogP contribution in [0.2, 0.25) is 0 Å². The number of nitrogens with zero attached hydrogens (tertiary/aromatic N) is 1. The number of carbonyl (C=O) groups is 1. The Hall–Kier alpha value is -3.33. The maximum absolute atomic E-state index is 11.7. The number of esters is 1. The van der Waals surface area contributed by atoms with E-state index in [9.17, 15) is 4.79 Å². The number of carbonyl (C=O) groups excluding carboxylic acids is 1. The zero-order valence-corrected chi connectivity index (χ0v) is 16.2. The van der Waals surface area contributed by atoms with E-state index in [1.165, 1.54) is 33.4 Å². The Bertz CT molecular complexity index is 1170. The van der Waals surface area contributed by atoms with Crippen LogP contribution in [0.15, 0.2) is 72.8 Å². The summed E-state index contributed by atoms with van der Waals surface area (Å²) in [7, 11) is 0. The molecule has 4 aromatic rings. The molecule has 3 aromatic carbocycles. The monoisotopic (exact) mass is 369 g/mol. The van der Waals surface area contributed by atoms with Gasteiger partial charge >= 0.3 is 5.97 Å². The van der Waals surface area contributed by atoms with Crippen LogP contribution in [-0.4, -0.2) is 17.1 Å². The molecule has 0 saturated carbocycles. The maximum Gasteiger partial charge on any atom is 0.330 e. The number of ether oxygens (including phenoxy) is 1. The van der Waals surface area contributed by atoms with Crippen LogP contribution in [-0.2, 0) is 16.1 Å². The molecule has 28 heavy (non-hydrogen) atoms. The van der Waals surface area contributed by atoms with Gasteiger partial charge in [-0.05, 0) is 42.7 Å². The molecule has 0 unspecified atom stereocenters. The lowest BCUT2D eigenvalue weighted by molar-refractivity contribution is -0.137. The third kappa shape index (κ3) is 3.31. The van der Waals surface area contributed by atoms with E-state index in [2.05, 4.69) is 72.2 Å². The number of fused-ring (bicyclic) bond motifs is 3. The largest absolute Gasteiger partial charge is 0.463 e. The summed E-state index contributed by atoms with van der Waals surface area (Å²) in [6, 6.07) is 23.2. The molecule has 0 saturated heterocycles. The predicted molar refractivity (Wildman–Crippen MR) is 115 cm³/mol. The Morgan fingerprint density at radius 1 is 0.964 bits per heavy atom. The van der Waals surface area contributed by atoms with Crippen molar-refractivity contribution in [2.75, 3.05) is 6.61 Å². The topological polar surface area (TPSA) is 31.2 Å². The van der Waals surface area contributed by atoms with E-state index in [0.717, 1.165) is 17.7 Å². The SMILES string of the molecule is CCOC(=O)C=Cc1ccc2c3ccccc3n(Cc3ccccc3)c2c1C. The third-order valence-electron chi connectivity index (χ3n) is 5.10. The Balaban J connectivity index is 1.89. The lowest BCUT2D eigenvalue weighted by Crippen LogP contribution is -2.01. The number of aryl methyl sites for hydroxylation is 1. The van der Waals surface area contributed by atoms with Crippen molar-refractivity contribution in [3.8, 4) is 0 Å². The molecule has 3 heteroatoms. The fourth-order valence-corrected chi connectivity index (χ4v) is 3.80. The van der Waals surface area contributed by atoms with Gasteiger partial charge in [-0.25, -0.2) is 4.79 Å². The molecule has 0 N–H and O–H groups in total. The maximum atomic E-state index is 11.7. The summed E-state index contributed by atoms with van der Waals surface area (Å²) < 4.78 is 7.38. The normalized spacial score (nSPS) is 11.5. The zero-order valence-electron chi connectivity index (χ0n) is 16.2. The number of rotatable bonds is 5. The molecule has 140 valence electrons. The summed E-state index contributed by atoms with van der Waals surface area (Å²) in [6.07, 6.45) is 3.35. The van der Waals surface area contributed by atoms with Gasteiger partial charge in [-0.2, -0.15) is 0 Å². The molecule has 0 fully saturated rings. The van der Waals surface area contributed by atoms with Crippen LogP contribution in [0.4, 0.5) is 0 Å². The van der Waals surface area contributed by atoms with E-state index < -0.39 is 0 Å². The van der Waals surface area contributed by atoms with Gasteiger partial charge in [-0.3, -0.25) is 0 Å². The smallest absolute Gasteiger partial charge is 0.330 e. The van der Waals surface area contributed by atoms with Gasteiger partial charge in [0.1, 0.15) is 0 Å². The van der Waals surface area contributed by atoms with Crippen molar-refractivity contribution >= 4 is 33.9 Å². The molecular formula is C25H23NO2. The van der Waals surface area contributed by atoms with E-state index in [4.69, 9.17) is 4.74 Å². The van der Waals surface area contributed by atoms with Crippen molar-refractivity contribution in [1.82, 2.24) is 4.57 Å². The minimum absolute atomic E-state index is 0.313. The summed E-state index contributed by atoms with van der Waals surface area (Å²) in [6.45, 7) is 5.11. The van der Waals surface area contributed by atoms with Crippen molar-refractivity contribution < 1.29 is 9.53 Å². The lowest BCUT2D eigenvalue weighted by atomic mass is 10.0. The van der Waals surface area contributed by atoms with Gasteiger partial charge < -0.3 is 9.30 Å². The lowest BCUT2D eigenvalue weighted by Gasteiger charge is -2.11. The highest BCUT2D eigenvalue weighted by molar-refractivity contribution is 6.10. The zero-order chi connectivity index (χ0) is 19.5. The molecule has 0 aliphatic carbocycles. The second kappa shape index (κ2) is 7.73. The Morgan fingerprint density at radius 3 is 2.50 bits per heavy atom. The Morgan fingerprint density at radius 2 is 1.71 bits per heavy atom. The Kier molecular flexibility index (Phi) is 4.98. The fourth-order valence-electron chi connectivity index (χ4n) is 3.80. The first kappa shape index (κ1) is 18.1. The van der Waals surface area contributed by atoms with Crippen LogP contribution in [0, 0.1) is 6.92 Å². The van der Waals surface area contributed by atoms with Gasteiger partial charge in [0.05, 0.1) is 12.1 Å². The first-order valence-electron chi connectivity index (χ1n) is 9.58. The van der Waals surface area contributed by atoms with Gasteiger partial charge in [-0.1, -0.05) is 60.7 Å². The molecule has 1 aromatic heterocycles. The molecule has 0 spiro atoms. The highest BCUT2D eigenvalue weighted by Crippen LogP contribution is 2.33. The second-order valence-electron chi connectivity index (χ2n) is 6.85. The fraction of sp³-hybridized carbons (Fsp3) is 0.160. The molecule has 0 radical (unpaired) electrons. The number of hydrogen-bond acceptors (Lipinski definition) is 2. The van der Waals surface area contributed by atoms with Crippen LogP contribution >= 0.6 is 0 Å². The van der Waals surface area contributed by atoms with Gasteiger partial charge in [0.15, 0.2) is 0 Å². The standard InChI is InChI=1S/C25H23NO2/c1-3-28-24(27)16-14-20-13-15-22-21-11-7-8-12-23(21)26(25(22)18(20)2)17-19-9-5-4-6-10-19/h4-16H,3,17H2,1-2H3. The summed E-state index contributed by atoms with van der Waals surface area (Å²) in [5.41, 5.74) is 5.87. The average molecular weight is 369 g/mol. The van der Waals surface area contributed by atoms with E-state index in [-0.39, 0.29) is 5.97 Å². The molecule has 0 atom stereocenters. The number of benzene rings is 3. The van der Waals surface area contributed by atoms with Crippen LogP contribution in [0.3, 0.4) is 0 Å². The molecule has 0 aliphatic heterocycles. The van der Waals surface area contributed by atoms with Gasteiger partial charge in [-0.15, -0.1) is 0 Å². The second-order valence-corrected chi connectivity index (χ2v) is 6.85. The quantitative estimate of drug-likeness (QED) is 0.332. The minimum atomic E-state index is -0.313. The average Bonchev–Trinajstić information content (AvgIpc) is 3.03. The Labute approximate surface area is 164 Å². The number of hydrogen-bond donors (Lipinski definition) is 0. The summed E-state index contributed by atoms with van der Waals surface area (Å²) >= 11 is 0. The van der Waals surface area contributed by atoms with Gasteiger partial charge in [0.2, 0.25) is 0 Å². The van der Waals surface area contributed by atoms with Gasteiger partial charge in [0.25, 0.3) is 0 Å². The first-order chi connectivity index (χ1) is 13.7. The molecule has 0 amide bonds. The minimum Gasteiger partial charge on any atom is -0.463 e. The number of para-hydroxylation sites is 1. The van der Waals surface area contributed by atoms with E-state index >= 15 is 0 Å². The number of aromatic nitrogens is 1. The molecular weight excluding hydrogens is 346 g/mol. The predicted octanol–water partition coefficient (Wildman–Crippen LogP) is 5.73. The summed E-state index contributed by atoms with van der Waals surface area (Å²) in [4.78, 5) is 11.7. The summed E-state index contributed by atoms with van der Waals surface area (Å²) in [5, 5.41) is 2.48. The van der Waals surface area contributed by atoms with Crippen LogP contribution < -0.4 is 0 Å². The van der Waals surface area contributed by atoms with Crippen molar-refractivity contribution in [3.05, 3.63) is 89.5 Å². The third-order valence-corrected chi connectivity index (χ3v) is 5.10. The molecule has 1 heterocycles. The van der Waals surface area contributed by atoms with E-state index in [1.807, 2.05) is 19.1 Å². The van der Waals surface area contributed by atoms with Crippen LogP contribution in [0.25, 0.3) is 27.9 Å². The highest BCUT2D eigenvalue weighted by Gasteiger charge is 2.14. The van der Waals surface area contributed by atoms with Crippen molar-refractivity contribution in [2.45, 2.75) is 20.4 Å². The molecule has 0 aliphatic rings. The highest BCUT2D eigenvalue weighted by atomic mass is 16.5. The van der Waals surface area contributed by atoms with Crippen LogP contribution in [0.1, 0.15) is 23.6 Å². The van der Waals surface area contributed by atoms with E-state index in [1.54, 1.807) is 0 Å². The molecule has 4 rings (SSSR count). The van der Waals surface area contributed by atoms with Gasteiger partial charge in [0, 0.05) is 28.9 Å². The van der Waals surface area contributed by atoms with Crippen molar-refractivity contribution in [1.29, 1.82) is 0 Å². The first-order valence-corrected chi connectivity index (χ1v) is 9.58. The van der Waals surface area contributed by atoms with Crippen LogP contribution in [0.5, 0.6) is 0 Å². The molecule has 0 bridgehead atoms. The van der Waals surface area contributed by atoms with E-state index in [0.29, 0.717) is 6.61 Å². The molecule has 3 nitrogen and oxygen atoms in total.